The van der Waals surface area contributed by atoms with Crippen LogP contribution in [0.15, 0.2) is 42.6 Å². The molecule has 1 aromatic heterocycles. The zero-order chi connectivity index (χ0) is 17.6. The van der Waals surface area contributed by atoms with Crippen LogP contribution in [0.1, 0.15) is 38.2 Å². The summed E-state index contributed by atoms with van der Waals surface area (Å²) >= 11 is 0. The van der Waals surface area contributed by atoms with Crippen molar-refractivity contribution in [3.63, 3.8) is 0 Å². The molecule has 1 fully saturated rings. The summed E-state index contributed by atoms with van der Waals surface area (Å²) in [7, 11) is 0. The smallest absolute Gasteiger partial charge is 0.244 e. The van der Waals surface area contributed by atoms with Crippen molar-refractivity contribution in [2.24, 2.45) is 0 Å². The van der Waals surface area contributed by atoms with Crippen LogP contribution in [0.3, 0.4) is 0 Å². The lowest BCUT2D eigenvalue weighted by Gasteiger charge is -2.17. The summed E-state index contributed by atoms with van der Waals surface area (Å²) in [6.45, 7) is 1.71. The highest BCUT2D eigenvalue weighted by molar-refractivity contribution is 5.97. The van der Waals surface area contributed by atoms with E-state index < -0.39 is 6.04 Å². The van der Waals surface area contributed by atoms with Gasteiger partial charge in [-0.15, -0.1) is 0 Å². The fourth-order valence-corrected chi connectivity index (χ4v) is 3.15. The number of aromatic nitrogens is 1. The average Bonchev–Trinajstić information content (AvgIpc) is 3.12. The van der Waals surface area contributed by atoms with E-state index >= 15 is 0 Å². The zero-order valence-corrected chi connectivity index (χ0v) is 14.4. The predicted molar refractivity (Wildman–Crippen MR) is 98.8 cm³/mol. The van der Waals surface area contributed by atoms with Crippen molar-refractivity contribution in [1.29, 1.82) is 0 Å². The summed E-state index contributed by atoms with van der Waals surface area (Å²) in [5, 5.41) is 6.70. The van der Waals surface area contributed by atoms with Crippen LogP contribution in [0.2, 0.25) is 0 Å². The fourth-order valence-electron chi connectivity index (χ4n) is 3.15. The first kappa shape index (κ1) is 17.1. The summed E-state index contributed by atoms with van der Waals surface area (Å²) in [5.41, 5.74) is 1.80. The quantitative estimate of drug-likeness (QED) is 0.824. The number of nitrogens with zero attached hydrogens (tertiary/aromatic N) is 1. The molecule has 3 rings (SSSR count). The summed E-state index contributed by atoms with van der Waals surface area (Å²) in [5.74, 6) is -0.405. The van der Waals surface area contributed by atoms with Gasteiger partial charge in [0.05, 0.1) is 5.52 Å². The lowest BCUT2D eigenvalue weighted by Crippen LogP contribution is -2.47. The zero-order valence-electron chi connectivity index (χ0n) is 14.4. The molecule has 1 aliphatic rings. The Labute approximate surface area is 147 Å². The van der Waals surface area contributed by atoms with Crippen molar-refractivity contribution >= 4 is 28.8 Å². The van der Waals surface area contributed by atoms with E-state index in [0.29, 0.717) is 0 Å². The van der Waals surface area contributed by atoms with Crippen LogP contribution in [0.4, 0.5) is 0 Å². The number of fused-ring (bicyclic) bond motifs is 1. The van der Waals surface area contributed by atoms with Crippen LogP contribution in [-0.2, 0) is 9.59 Å². The molecular formula is C20H23N3O2. The van der Waals surface area contributed by atoms with Crippen LogP contribution >= 0.6 is 0 Å². The molecule has 5 heteroatoms. The van der Waals surface area contributed by atoms with Gasteiger partial charge in [0.15, 0.2) is 0 Å². The Kier molecular flexibility index (Phi) is 5.43. The predicted octanol–water partition coefficient (Wildman–Crippen LogP) is 2.81. The van der Waals surface area contributed by atoms with Gasteiger partial charge >= 0.3 is 0 Å². The summed E-state index contributed by atoms with van der Waals surface area (Å²) in [6.07, 6.45) is 9.31. The maximum atomic E-state index is 12.1. The van der Waals surface area contributed by atoms with E-state index in [9.17, 15) is 9.59 Å². The Bertz CT molecular complexity index is 789. The van der Waals surface area contributed by atoms with Crippen LogP contribution in [0, 0.1) is 0 Å². The molecule has 1 heterocycles. The third-order valence-electron chi connectivity index (χ3n) is 4.55. The number of hydrogen-bond donors (Lipinski definition) is 2. The average molecular weight is 337 g/mol. The molecule has 25 heavy (non-hydrogen) atoms. The van der Waals surface area contributed by atoms with E-state index in [0.717, 1.165) is 42.1 Å². The summed E-state index contributed by atoms with van der Waals surface area (Å²) < 4.78 is 0. The van der Waals surface area contributed by atoms with Crippen LogP contribution in [0.25, 0.3) is 17.0 Å². The Balaban J connectivity index is 1.59. The highest BCUT2D eigenvalue weighted by Gasteiger charge is 2.21. The van der Waals surface area contributed by atoms with Crippen molar-refractivity contribution in [2.45, 2.75) is 44.7 Å². The van der Waals surface area contributed by atoms with Gasteiger partial charge in [-0.05, 0) is 43.5 Å². The summed E-state index contributed by atoms with van der Waals surface area (Å²) in [4.78, 5) is 28.5. The molecule has 0 bridgehead atoms. The van der Waals surface area contributed by atoms with Crippen molar-refractivity contribution in [3.8, 4) is 0 Å². The van der Waals surface area contributed by atoms with Gasteiger partial charge in [-0.2, -0.15) is 0 Å². The van der Waals surface area contributed by atoms with Gasteiger partial charge in [-0.3, -0.25) is 14.6 Å². The molecule has 1 unspecified atom stereocenters. The Morgan fingerprint density at radius 1 is 1.20 bits per heavy atom. The van der Waals surface area contributed by atoms with Crippen molar-refractivity contribution < 1.29 is 9.59 Å². The number of hydrogen-bond acceptors (Lipinski definition) is 3. The Morgan fingerprint density at radius 3 is 2.76 bits per heavy atom. The maximum absolute atomic E-state index is 12.1. The van der Waals surface area contributed by atoms with Gasteiger partial charge in [0, 0.05) is 23.7 Å². The Morgan fingerprint density at radius 2 is 1.96 bits per heavy atom. The minimum Gasteiger partial charge on any atom is -0.352 e. The second-order valence-corrected chi connectivity index (χ2v) is 6.47. The number of rotatable bonds is 5. The van der Waals surface area contributed by atoms with Gasteiger partial charge in [0.25, 0.3) is 0 Å². The molecule has 130 valence electrons. The standard InChI is InChI=1S/C20H23N3O2/c1-14(20(25)23-16-6-2-3-7-16)22-19(24)11-10-15-12-13-21-18-9-5-4-8-17(15)18/h4-5,8-14,16H,2-3,6-7H2,1H3,(H,22,24)(H,23,25). The van der Waals surface area contributed by atoms with Crippen molar-refractivity contribution in [1.82, 2.24) is 15.6 Å². The molecule has 2 aromatic rings. The van der Waals surface area contributed by atoms with Gasteiger partial charge in [-0.25, -0.2) is 0 Å². The molecule has 2 N–H and O–H groups in total. The SMILES string of the molecule is CC(NC(=O)C=Cc1ccnc2ccccc12)C(=O)NC1CCCC1. The molecule has 0 spiro atoms. The first-order valence-electron chi connectivity index (χ1n) is 8.76. The molecule has 0 aliphatic heterocycles. The lowest BCUT2D eigenvalue weighted by molar-refractivity contribution is -0.127. The maximum Gasteiger partial charge on any atom is 0.244 e. The second-order valence-electron chi connectivity index (χ2n) is 6.47. The number of benzene rings is 1. The highest BCUT2D eigenvalue weighted by Crippen LogP contribution is 2.18. The number of amides is 2. The van der Waals surface area contributed by atoms with Crippen molar-refractivity contribution in [2.75, 3.05) is 0 Å². The number of pyridine rings is 1. The van der Waals surface area contributed by atoms with E-state index in [4.69, 9.17) is 0 Å². The van der Waals surface area contributed by atoms with Crippen LogP contribution in [0.5, 0.6) is 0 Å². The van der Waals surface area contributed by atoms with E-state index in [-0.39, 0.29) is 17.9 Å². The molecule has 1 aromatic carbocycles. The minimum atomic E-state index is -0.549. The first-order valence-corrected chi connectivity index (χ1v) is 8.76. The fraction of sp³-hybridized carbons (Fsp3) is 0.350. The lowest BCUT2D eigenvalue weighted by atomic mass is 10.1. The number of para-hydroxylation sites is 1. The van der Waals surface area contributed by atoms with E-state index in [2.05, 4.69) is 15.6 Å². The number of carbonyl (C=O) groups is 2. The molecule has 0 radical (unpaired) electrons. The van der Waals surface area contributed by atoms with Gasteiger partial charge in [0.1, 0.15) is 6.04 Å². The normalized spacial score (nSPS) is 16.2. The van der Waals surface area contributed by atoms with Crippen LogP contribution in [-0.4, -0.2) is 28.9 Å². The highest BCUT2D eigenvalue weighted by atomic mass is 16.2. The second kappa shape index (κ2) is 7.92. The minimum absolute atomic E-state index is 0.122. The van der Waals surface area contributed by atoms with E-state index in [1.807, 2.05) is 30.3 Å². The van der Waals surface area contributed by atoms with E-state index in [1.165, 1.54) is 6.08 Å². The largest absolute Gasteiger partial charge is 0.352 e. The molecule has 1 saturated carbocycles. The van der Waals surface area contributed by atoms with Crippen LogP contribution < -0.4 is 10.6 Å². The monoisotopic (exact) mass is 337 g/mol. The Hall–Kier alpha value is -2.69. The first-order chi connectivity index (χ1) is 12.1. The number of nitrogens with one attached hydrogen (secondary N) is 2. The molecule has 1 aliphatic carbocycles. The third kappa shape index (κ3) is 4.44. The molecule has 2 amide bonds. The molecule has 1 atom stereocenters. The number of carbonyl (C=O) groups excluding carboxylic acids is 2. The van der Waals surface area contributed by atoms with E-state index in [1.54, 1.807) is 19.2 Å². The van der Waals surface area contributed by atoms with Gasteiger partial charge in [-0.1, -0.05) is 31.0 Å². The van der Waals surface area contributed by atoms with Gasteiger partial charge < -0.3 is 10.6 Å². The molecule has 5 nitrogen and oxygen atoms in total. The van der Waals surface area contributed by atoms with Crippen molar-refractivity contribution in [3.05, 3.63) is 48.2 Å². The molecule has 0 saturated heterocycles. The molecular weight excluding hydrogens is 314 g/mol. The van der Waals surface area contributed by atoms with Gasteiger partial charge in [0.2, 0.25) is 11.8 Å². The third-order valence-corrected chi connectivity index (χ3v) is 4.55. The topological polar surface area (TPSA) is 71.1 Å². The summed E-state index contributed by atoms with van der Waals surface area (Å²) in [6, 6.07) is 9.34.